The molecule has 0 spiro atoms. The minimum Gasteiger partial charge on any atom is -0.462 e. The van der Waals surface area contributed by atoms with Crippen LogP contribution in [-0.4, -0.2) is 65.7 Å². The van der Waals surface area contributed by atoms with Gasteiger partial charge in [0.1, 0.15) is 12.7 Å². The molecule has 0 amide bonds. The Bertz CT molecular complexity index is 994. The van der Waals surface area contributed by atoms with Gasteiger partial charge in [-0.05, 0) is 38.5 Å². The maximum atomic E-state index is 12.4. The maximum Gasteiger partial charge on any atom is 0.472 e. The lowest BCUT2D eigenvalue weighted by Crippen LogP contribution is -2.29. The summed E-state index contributed by atoms with van der Waals surface area (Å²) in [6.07, 6.45) is 29.2. The zero-order chi connectivity index (χ0) is 32.0. The van der Waals surface area contributed by atoms with Crippen LogP contribution in [0, 0.1) is 0 Å². The molecule has 0 aliphatic rings. The molecule has 0 fully saturated rings. The average Bonchev–Trinajstić information content (AvgIpc) is 2.99. The number of phosphoric acid groups is 1. The van der Waals surface area contributed by atoms with Gasteiger partial charge in [0, 0.05) is 12.8 Å². The van der Waals surface area contributed by atoms with Gasteiger partial charge < -0.3 is 24.6 Å². The molecule has 11 heteroatoms. The predicted molar refractivity (Wildman–Crippen MR) is 168 cm³/mol. The molecule has 0 aromatic rings. The number of aliphatic hydroxyl groups excluding tert-OH is 2. The van der Waals surface area contributed by atoms with Crippen LogP contribution in [0.15, 0.2) is 85.1 Å². The second-order valence-electron chi connectivity index (χ2n) is 9.13. The van der Waals surface area contributed by atoms with Crippen LogP contribution in [0.4, 0.5) is 0 Å². The van der Waals surface area contributed by atoms with Crippen LogP contribution in [0.25, 0.3) is 0 Å². The van der Waals surface area contributed by atoms with Crippen LogP contribution in [0.2, 0.25) is 0 Å². The van der Waals surface area contributed by atoms with Crippen molar-refractivity contribution in [3.05, 3.63) is 85.1 Å². The van der Waals surface area contributed by atoms with E-state index in [0.29, 0.717) is 19.3 Å². The first-order chi connectivity index (χ1) is 20.7. The molecule has 242 valence electrons. The summed E-state index contributed by atoms with van der Waals surface area (Å²) in [7, 11) is -4.63. The van der Waals surface area contributed by atoms with Gasteiger partial charge in [-0.2, -0.15) is 0 Å². The third-order valence-corrected chi connectivity index (χ3v) is 6.14. The van der Waals surface area contributed by atoms with Crippen molar-refractivity contribution < 1.29 is 47.8 Å². The number of carbonyl (C=O) groups is 2. The molecule has 0 aliphatic heterocycles. The molecule has 0 aromatic carbocycles. The van der Waals surface area contributed by atoms with Crippen LogP contribution >= 0.6 is 7.82 Å². The zero-order valence-corrected chi connectivity index (χ0v) is 26.3. The molecule has 0 radical (unpaired) electrons. The number of phosphoric ester groups is 1. The van der Waals surface area contributed by atoms with Crippen LogP contribution in [0.5, 0.6) is 0 Å². The number of allylic oxidation sites excluding steroid dienone is 14. The number of carbonyl (C=O) groups excluding carboxylic acids is 2. The van der Waals surface area contributed by atoms with Crippen molar-refractivity contribution in [2.24, 2.45) is 0 Å². The fourth-order valence-electron chi connectivity index (χ4n) is 2.96. The lowest BCUT2D eigenvalue weighted by molar-refractivity contribution is -0.161. The number of unbranched alkanes of at least 4 members (excludes halogenated alkanes) is 1. The molecule has 3 atom stereocenters. The molecule has 10 nitrogen and oxygen atoms in total. The number of ether oxygens (including phenoxy) is 2. The van der Waals surface area contributed by atoms with Crippen LogP contribution in [0.3, 0.4) is 0 Å². The Balaban J connectivity index is 4.73. The summed E-state index contributed by atoms with van der Waals surface area (Å²) >= 11 is 0. The summed E-state index contributed by atoms with van der Waals surface area (Å²) in [5.41, 5.74) is 0. The lowest BCUT2D eigenvalue weighted by atomic mass is 10.2. The number of aliphatic hydroxyl groups is 2. The van der Waals surface area contributed by atoms with Gasteiger partial charge in [0.05, 0.1) is 19.8 Å². The molecule has 43 heavy (non-hydrogen) atoms. The largest absolute Gasteiger partial charge is 0.472 e. The van der Waals surface area contributed by atoms with Gasteiger partial charge in [-0.1, -0.05) is 98.9 Å². The average molecular weight is 625 g/mol. The Morgan fingerprint density at radius 3 is 1.98 bits per heavy atom. The van der Waals surface area contributed by atoms with Crippen molar-refractivity contribution in [2.45, 2.75) is 77.4 Å². The van der Waals surface area contributed by atoms with Crippen LogP contribution < -0.4 is 0 Å². The summed E-state index contributed by atoms with van der Waals surface area (Å²) in [6.45, 7) is 1.84. The SMILES string of the molecule is CC/C=C/C=C/C=C/C=C/C=C/CCCC(=O)OC(COC(=O)CC/C=C/C/C=C/CC)COP(=O)(O)OC[C@@H](O)CO. The van der Waals surface area contributed by atoms with Crippen LogP contribution in [-0.2, 0) is 32.7 Å². The van der Waals surface area contributed by atoms with E-state index in [2.05, 4.69) is 17.5 Å². The Morgan fingerprint density at radius 1 is 0.721 bits per heavy atom. The molecular weight excluding hydrogens is 575 g/mol. The van der Waals surface area contributed by atoms with E-state index in [1.807, 2.05) is 85.9 Å². The molecule has 0 bridgehead atoms. The van der Waals surface area contributed by atoms with E-state index < -0.39 is 51.8 Å². The van der Waals surface area contributed by atoms with Crippen molar-refractivity contribution in [1.82, 2.24) is 0 Å². The second kappa shape index (κ2) is 28.0. The first-order valence-corrected chi connectivity index (χ1v) is 16.1. The van der Waals surface area contributed by atoms with Gasteiger partial charge in [-0.15, -0.1) is 0 Å². The fourth-order valence-corrected chi connectivity index (χ4v) is 3.75. The van der Waals surface area contributed by atoms with Crippen molar-refractivity contribution in [1.29, 1.82) is 0 Å². The molecule has 0 aliphatic carbocycles. The first kappa shape index (κ1) is 40.1. The van der Waals surface area contributed by atoms with E-state index in [9.17, 15) is 24.2 Å². The molecule has 3 N–H and O–H groups in total. The van der Waals surface area contributed by atoms with E-state index in [-0.39, 0.29) is 19.4 Å². The minimum absolute atomic E-state index is 0.0712. The van der Waals surface area contributed by atoms with Gasteiger partial charge in [-0.3, -0.25) is 18.6 Å². The third kappa shape index (κ3) is 27.7. The molecule has 0 saturated heterocycles. The van der Waals surface area contributed by atoms with Gasteiger partial charge in [0.25, 0.3) is 0 Å². The molecule has 0 saturated carbocycles. The third-order valence-electron chi connectivity index (χ3n) is 5.19. The molecule has 0 heterocycles. The highest BCUT2D eigenvalue weighted by Crippen LogP contribution is 2.43. The molecule has 0 rings (SSSR count). The normalized spacial score (nSPS) is 15.6. The van der Waals surface area contributed by atoms with Gasteiger partial charge in [-0.25, -0.2) is 4.57 Å². The van der Waals surface area contributed by atoms with Gasteiger partial charge in [0.2, 0.25) is 0 Å². The number of esters is 2. The molecular formula is C32H49O10P. The minimum atomic E-state index is -4.63. The number of hydrogen-bond donors (Lipinski definition) is 3. The van der Waals surface area contributed by atoms with E-state index in [0.717, 1.165) is 19.3 Å². The Morgan fingerprint density at radius 2 is 1.33 bits per heavy atom. The van der Waals surface area contributed by atoms with Crippen molar-refractivity contribution in [3.8, 4) is 0 Å². The lowest BCUT2D eigenvalue weighted by Gasteiger charge is -2.20. The predicted octanol–water partition coefficient (Wildman–Crippen LogP) is 5.98. The highest BCUT2D eigenvalue weighted by molar-refractivity contribution is 7.47. The number of rotatable bonds is 25. The van der Waals surface area contributed by atoms with E-state index in [4.69, 9.17) is 19.1 Å². The molecule has 2 unspecified atom stereocenters. The Labute approximate surface area is 256 Å². The first-order valence-electron chi connectivity index (χ1n) is 14.6. The zero-order valence-electron chi connectivity index (χ0n) is 25.4. The van der Waals surface area contributed by atoms with Crippen molar-refractivity contribution in [2.75, 3.05) is 26.4 Å². The molecule has 0 aromatic heterocycles. The van der Waals surface area contributed by atoms with E-state index >= 15 is 0 Å². The highest BCUT2D eigenvalue weighted by Gasteiger charge is 2.27. The van der Waals surface area contributed by atoms with Gasteiger partial charge >= 0.3 is 19.8 Å². The second-order valence-corrected chi connectivity index (χ2v) is 10.6. The number of hydrogen-bond acceptors (Lipinski definition) is 9. The van der Waals surface area contributed by atoms with E-state index in [1.54, 1.807) is 0 Å². The monoisotopic (exact) mass is 624 g/mol. The van der Waals surface area contributed by atoms with Crippen molar-refractivity contribution in [3.63, 3.8) is 0 Å². The summed E-state index contributed by atoms with van der Waals surface area (Å²) in [6, 6.07) is 0. The summed E-state index contributed by atoms with van der Waals surface area (Å²) in [5.74, 6) is -1.12. The Kier molecular flexibility index (Phi) is 26.1. The van der Waals surface area contributed by atoms with E-state index in [1.165, 1.54) is 0 Å². The fraction of sp³-hybridized carbons (Fsp3) is 0.500. The van der Waals surface area contributed by atoms with Crippen molar-refractivity contribution >= 4 is 19.8 Å². The highest BCUT2D eigenvalue weighted by atomic mass is 31.2. The maximum absolute atomic E-state index is 12.4. The Hall–Kier alpha value is -2.85. The summed E-state index contributed by atoms with van der Waals surface area (Å²) in [4.78, 5) is 34.3. The van der Waals surface area contributed by atoms with Gasteiger partial charge in [0.15, 0.2) is 6.10 Å². The quantitative estimate of drug-likeness (QED) is 0.0364. The van der Waals surface area contributed by atoms with Crippen LogP contribution in [0.1, 0.15) is 65.2 Å². The smallest absolute Gasteiger partial charge is 0.462 e. The summed E-state index contributed by atoms with van der Waals surface area (Å²) in [5, 5.41) is 18.1. The standard InChI is InChI=1S/C32H49O10P/c1-3-5-7-9-11-12-13-14-15-16-18-20-22-24-32(36)42-30(28-41-43(37,38)40-26-29(34)25-33)27-39-31(35)23-21-19-17-10-8-6-4-2/h5-9,11-19,29-30,33-34H,3-4,10,20-28H2,1-2H3,(H,37,38)/b7-5+,8-6+,11-9+,13-12+,15-14+,18-16+,19-17+/t29-,30?/m0/s1. The topological polar surface area (TPSA) is 149 Å². The summed E-state index contributed by atoms with van der Waals surface area (Å²) < 4.78 is 32.1.